The van der Waals surface area contributed by atoms with Gasteiger partial charge in [-0.2, -0.15) is 5.10 Å². The van der Waals surface area contributed by atoms with Gasteiger partial charge < -0.3 is 5.32 Å². The van der Waals surface area contributed by atoms with Gasteiger partial charge in [-0.25, -0.2) is 18.4 Å². The van der Waals surface area contributed by atoms with Crippen molar-refractivity contribution in [3.63, 3.8) is 0 Å². The molecule has 1 heterocycles. The van der Waals surface area contributed by atoms with Gasteiger partial charge in [-0.3, -0.25) is 4.79 Å². The van der Waals surface area contributed by atoms with Crippen molar-refractivity contribution in [1.82, 2.24) is 20.1 Å². The number of amides is 1. The smallest absolute Gasteiger partial charge is 0.253 e. The Bertz CT molecular complexity index is 898. The number of carbonyl (C=O) groups excluding carboxylic acids is 1. The number of aromatic nitrogens is 3. The maximum absolute atomic E-state index is 13.3. The van der Waals surface area contributed by atoms with E-state index in [2.05, 4.69) is 15.4 Å². The van der Waals surface area contributed by atoms with Crippen molar-refractivity contribution in [3.05, 3.63) is 76.8 Å². The third kappa shape index (κ3) is 3.66. The van der Waals surface area contributed by atoms with E-state index in [4.69, 9.17) is 11.6 Å². The minimum Gasteiger partial charge on any atom is -0.345 e. The Hall–Kier alpha value is -2.80. The van der Waals surface area contributed by atoms with E-state index in [1.165, 1.54) is 6.33 Å². The van der Waals surface area contributed by atoms with Crippen molar-refractivity contribution in [2.75, 3.05) is 0 Å². The van der Waals surface area contributed by atoms with E-state index in [1.54, 1.807) is 17.9 Å². The normalized spacial score (nSPS) is 12.0. The third-order valence-electron chi connectivity index (χ3n) is 3.68. The van der Waals surface area contributed by atoms with Gasteiger partial charge in [0.15, 0.2) is 11.6 Å². The second-order valence-corrected chi connectivity index (χ2v) is 5.78. The van der Waals surface area contributed by atoms with E-state index in [0.717, 1.165) is 23.4 Å². The molecular weight excluding hydrogens is 350 g/mol. The molecule has 0 fully saturated rings. The summed E-state index contributed by atoms with van der Waals surface area (Å²) in [5.74, 6) is -2.81. The van der Waals surface area contributed by atoms with Crippen LogP contribution in [0.3, 0.4) is 0 Å². The highest BCUT2D eigenvalue weighted by molar-refractivity contribution is 6.33. The van der Waals surface area contributed by atoms with E-state index in [1.807, 2.05) is 24.3 Å². The van der Waals surface area contributed by atoms with E-state index < -0.39 is 17.5 Å². The summed E-state index contributed by atoms with van der Waals surface area (Å²) in [5, 5.41) is 6.59. The molecule has 5 nitrogen and oxygen atoms in total. The summed E-state index contributed by atoms with van der Waals surface area (Å²) < 4.78 is 28.0. The van der Waals surface area contributed by atoms with Gasteiger partial charge in [-0.05, 0) is 36.8 Å². The van der Waals surface area contributed by atoms with Gasteiger partial charge in [0, 0.05) is 0 Å². The number of hydrogen-bond donors (Lipinski definition) is 1. The average Bonchev–Trinajstić information content (AvgIpc) is 3.12. The number of halogens is 3. The number of nitrogens with zero attached hydrogens (tertiary/aromatic N) is 3. The van der Waals surface area contributed by atoms with Crippen LogP contribution in [0.2, 0.25) is 5.02 Å². The zero-order chi connectivity index (χ0) is 18.0. The maximum Gasteiger partial charge on any atom is 0.253 e. The number of benzene rings is 2. The monoisotopic (exact) mass is 362 g/mol. The number of hydrogen-bond acceptors (Lipinski definition) is 3. The predicted octanol–water partition coefficient (Wildman–Crippen LogP) is 3.69. The molecular formula is C17H13ClF2N4O. The van der Waals surface area contributed by atoms with Crippen molar-refractivity contribution in [2.24, 2.45) is 0 Å². The first-order chi connectivity index (χ1) is 12.0. The summed E-state index contributed by atoms with van der Waals surface area (Å²) in [7, 11) is 0. The molecule has 1 N–H and O–H groups in total. The first-order valence-corrected chi connectivity index (χ1v) is 7.74. The second-order valence-electron chi connectivity index (χ2n) is 5.37. The van der Waals surface area contributed by atoms with Gasteiger partial charge in [-0.15, -0.1) is 0 Å². The molecule has 3 aromatic rings. The van der Waals surface area contributed by atoms with Crippen molar-refractivity contribution in [3.8, 4) is 5.69 Å². The average molecular weight is 363 g/mol. The summed E-state index contributed by atoms with van der Waals surface area (Å²) in [6.45, 7) is 1.77. The van der Waals surface area contributed by atoms with Gasteiger partial charge in [0.25, 0.3) is 5.91 Å². The Labute approximate surface area is 147 Å². The molecule has 0 saturated carbocycles. The van der Waals surface area contributed by atoms with Crippen LogP contribution >= 0.6 is 11.6 Å². The second kappa shape index (κ2) is 6.98. The van der Waals surface area contributed by atoms with Crippen LogP contribution < -0.4 is 5.32 Å². The Morgan fingerprint density at radius 2 is 1.88 bits per heavy atom. The van der Waals surface area contributed by atoms with Gasteiger partial charge in [-0.1, -0.05) is 23.7 Å². The minimum absolute atomic E-state index is 0.119. The first-order valence-electron chi connectivity index (χ1n) is 7.36. The van der Waals surface area contributed by atoms with E-state index >= 15 is 0 Å². The summed E-state index contributed by atoms with van der Waals surface area (Å²) in [6, 6.07) is 8.52. The summed E-state index contributed by atoms with van der Waals surface area (Å²) >= 11 is 5.82. The highest BCUT2D eigenvalue weighted by Crippen LogP contribution is 2.22. The lowest BCUT2D eigenvalue weighted by Gasteiger charge is -2.15. The van der Waals surface area contributed by atoms with Crippen LogP contribution in [-0.2, 0) is 0 Å². The Morgan fingerprint density at radius 1 is 1.20 bits per heavy atom. The summed E-state index contributed by atoms with van der Waals surface area (Å²) in [6.07, 6.45) is 3.01. The SMILES string of the molecule is CC(NC(=O)c1cc(F)c(F)cc1Cl)c1ccc(-n2cncn2)cc1. The van der Waals surface area contributed by atoms with Crippen molar-refractivity contribution in [2.45, 2.75) is 13.0 Å². The molecule has 1 atom stereocenters. The van der Waals surface area contributed by atoms with Crippen molar-refractivity contribution >= 4 is 17.5 Å². The number of rotatable bonds is 4. The fourth-order valence-electron chi connectivity index (χ4n) is 2.31. The Morgan fingerprint density at radius 3 is 2.52 bits per heavy atom. The Balaban J connectivity index is 1.74. The van der Waals surface area contributed by atoms with E-state index in [9.17, 15) is 13.6 Å². The fourth-order valence-corrected chi connectivity index (χ4v) is 2.55. The quantitative estimate of drug-likeness (QED) is 0.720. The molecule has 0 bridgehead atoms. The van der Waals surface area contributed by atoms with Crippen LogP contribution in [-0.4, -0.2) is 20.7 Å². The molecule has 128 valence electrons. The van der Waals surface area contributed by atoms with Gasteiger partial charge in [0.1, 0.15) is 12.7 Å². The minimum atomic E-state index is -1.13. The standard InChI is InChI=1S/C17H13ClF2N4O/c1-10(11-2-4-12(5-3-11)24-9-21-8-22-24)23-17(25)13-6-15(19)16(20)7-14(13)18/h2-10H,1H3,(H,23,25). The van der Waals surface area contributed by atoms with Crippen LogP contribution in [0.5, 0.6) is 0 Å². The molecule has 0 saturated heterocycles. The largest absolute Gasteiger partial charge is 0.345 e. The molecule has 25 heavy (non-hydrogen) atoms. The third-order valence-corrected chi connectivity index (χ3v) is 3.99. The first kappa shape index (κ1) is 17.0. The van der Waals surface area contributed by atoms with Crippen LogP contribution in [0.4, 0.5) is 8.78 Å². The van der Waals surface area contributed by atoms with Crippen LogP contribution in [0.15, 0.2) is 49.1 Å². The fraction of sp³-hybridized carbons (Fsp3) is 0.118. The Kier molecular flexibility index (Phi) is 4.76. The van der Waals surface area contributed by atoms with Gasteiger partial charge in [0.05, 0.1) is 22.3 Å². The molecule has 1 aromatic heterocycles. The molecule has 1 amide bonds. The highest BCUT2D eigenvalue weighted by atomic mass is 35.5. The maximum atomic E-state index is 13.3. The topological polar surface area (TPSA) is 59.8 Å². The highest BCUT2D eigenvalue weighted by Gasteiger charge is 2.17. The van der Waals surface area contributed by atoms with E-state index in [-0.39, 0.29) is 16.6 Å². The van der Waals surface area contributed by atoms with Crippen LogP contribution in [0.25, 0.3) is 5.69 Å². The molecule has 0 aliphatic carbocycles. The molecule has 0 radical (unpaired) electrons. The molecule has 2 aromatic carbocycles. The molecule has 1 unspecified atom stereocenters. The zero-order valence-electron chi connectivity index (χ0n) is 13.1. The van der Waals surface area contributed by atoms with Gasteiger partial charge in [0.2, 0.25) is 0 Å². The molecule has 3 rings (SSSR count). The number of nitrogens with one attached hydrogen (secondary N) is 1. The molecule has 0 aliphatic heterocycles. The van der Waals surface area contributed by atoms with Crippen molar-refractivity contribution < 1.29 is 13.6 Å². The van der Waals surface area contributed by atoms with E-state index in [0.29, 0.717) is 0 Å². The molecule has 8 heteroatoms. The lowest BCUT2D eigenvalue weighted by Crippen LogP contribution is -2.27. The lowest BCUT2D eigenvalue weighted by molar-refractivity contribution is 0.0939. The van der Waals surface area contributed by atoms with Crippen LogP contribution in [0, 0.1) is 11.6 Å². The summed E-state index contributed by atoms with van der Waals surface area (Å²) in [4.78, 5) is 16.1. The number of carbonyl (C=O) groups is 1. The molecule has 0 spiro atoms. The molecule has 0 aliphatic rings. The lowest BCUT2D eigenvalue weighted by atomic mass is 10.1. The van der Waals surface area contributed by atoms with Crippen LogP contribution in [0.1, 0.15) is 28.9 Å². The summed E-state index contributed by atoms with van der Waals surface area (Å²) in [5.41, 5.74) is 1.53. The zero-order valence-corrected chi connectivity index (χ0v) is 13.8. The predicted molar refractivity (Wildman–Crippen MR) is 88.6 cm³/mol. The van der Waals surface area contributed by atoms with Crippen molar-refractivity contribution in [1.29, 1.82) is 0 Å². The van der Waals surface area contributed by atoms with Gasteiger partial charge >= 0.3 is 0 Å².